The molecule has 0 aromatic heterocycles. The minimum absolute atomic E-state index is 0.102. The molecule has 0 radical (unpaired) electrons. The smallest absolute Gasteiger partial charge is 0.128 e. The van der Waals surface area contributed by atoms with E-state index in [9.17, 15) is 4.39 Å². The van der Waals surface area contributed by atoms with Crippen molar-refractivity contribution in [1.29, 1.82) is 0 Å². The predicted molar refractivity (Wildman–Crippen MR) is 79.7 cm³/mol. The number of benzene rings is 1. The van der Waals surface area contributed by atoms with Crippen molar-refractivity contribution >= 4 is 0 Å². The van der Waals surface area contributed by atoms with Gasteiger partial charge in [-0.2, -0.15) is 0 Å². The van der Waals surface area contributed by atoms with Crippen LogP contribution in [0.5, 0.6) is 0 Å². The molecule has 1 heterocycles. The van der Waals surface area contributed by atoms with E-state index in [1.54, 1.807) is 6.07 Å². The van der Waals surface area contributed by atoms with Crippen molar-refractivity contribution in [3.63, 3.8) is 0 Å². The molecule has 1 saturated carbocycles. The van der Waals surface area contributed by atoms with E-state index in [2.05, 4.69) is 4.90 Å². The summed E-state index contributed by atoms with van der Waals surface area (Å²) in [5.74, 6) is -0.102. The summed E-state index contributed by atoms with van der Waals surface area (Å²) in [6.07, 6.45) is 8.31. The van der Waals surface area contributed by atoms with Crippen LogP contribution in [0.25, 0.3) is 0 Å². The van der Waals surface area contributed by atoms with E-state index in [0.717, 1.165) is 30.8 Å². The molecule has 2 aliphatic rings. The van der Waals surface area contributed by atoms with E-state index in [4.69, 9.17) is 5.73 Å². The average Bonchev–Trinajstić information content (AvgIpc) is 2.66. The van der Waals surface area contributed by atoms with Crippen molar-refractivity contribution in [1.82, 2.24) is 4.90 Å². The van der Waals surface area contributed by atoms with Gasteiger partial charge in [-0.05, 0) is 29.9 Å². The summed E-state index contributed by atoms with van der Waals surface area (Å²) in [4.78, 5) is 2.39. The molecular formula is C17H25FN2. The van der Waals surface area contributed by atoms with Crippen LogP contribution in [0.3, 0.4) is 0 Å². The van der Waals surface area contributed by atoms with Crippen LogP contribution in [-0.2, 0) is 13.1 Å². The Labute approximate surface area is 121 Å². The Balaban J connectivity index is 1.58. The maximum atomic E-state index is 14.0. The van der Waals surface area contributed by atoms with Crippen LogP contribution in [0.1, 0.15) is 49.7 Å². The molecule has 1 saturated heterocycles. The normalized spacial score (nSPS) is 22.5. The summed E-state index contributed by atoms with van der Waals surface area (Å²) in [5.41, 5.74) is 7.78. The first-order valence-corrected chi connectivity index (χ1v) is 7.91. The van der Waals surface area contributed by atoms with E-state index < -0.39 is 0 Å². The Kier molecular flexibility index (Phi) is 4.08. The number of likely N-dealkylation sites (tertiary alicyclic amines) is 1. The molecule has 0 amide bonds. The van der Waals surface area contributed by atoms with Gasteiger partial charge in [-0.1, -0.05) is 37.8 Å². The maximum Gasteiger partial charge on any atom is 0.128 e. The highest BCUT2D eigenvalue weighted by Gasteiger charge is 2.42. The third-order valence-corrected chi connectivity index (χ3v) is 5.03. The zero-order valence-corrected chi connectivity index (χ0v) is 12.2. The molecule has 110 valence electrons. The lowest BCUT2D eigenvalue weighted by Gasteiger charge is -2.50. The SMILES string of the molecule is NCc1ccc(CN2CC3(CCCCCC3)C2)c(F)c1. The lowest BCUT2D eigenvalue weighted by atomic mass is 9.73. The van der Waals surface area contributed by atoms with E-state index >= 15 is 0 Å². The van der Waals surface area contributed by atoms with Crippen LogP contribution < -0.4 is 5.73 Å². The standard InChI is InChI=1S/C17H25FN2/c18-16-9-14(10-19)5-6-15(16)11-20-12-17(13-20)7-3-1-2-4-8-17/h5-6,9H,1-4,7-8,10-13,19H2. The molecule has 0 bridgehead atoms. The first kappa shape index (κ1) is 14.0. The van der Waals surface area contributed by atoms with Crippen LogP contribution in [0.2, 0.25) is 0 Å². The molecule has 3 heteroatoms. The van der Waals surface area contributed by atoms with E-state index in [-0.39, 0.29) is 5.82 Å². The lowest BCUT2D eigenvalue weighted by molar-refractivity contribution is -0.0182. The first-order chi connectivity index (χ1) is 9.71. The highest BCUT2D eigenvalue weighted by atomic mass is 19.1. The number of rotatable bonds is 3. The number of halogens is 1. The fourth-order valence-electron chi connectivity index (χ4n) is 3.90. The highest BCUT2D eigenvalue weighted by Crippen LogP contribution is 2.43. The van der Waals surface area contributed by atoms with E-state index in [1.807, 2.05) is 12.1 Å². The Bertz CT molecular complexity index is 456. The highest BCUT2D eigenvalue weighted by molar-refractivity contribution is 5.24. The minimum Gasteiger partial charge on any atom is -0.326 e. The summed E-state index contributed by atoms with van der Waals surface area (Å²) >= 11 is 0. The van der Waals surface area contributed by atoms with Crippen LogP contribution in [0, 0.1) is 11.2 Å². The third-order valence-electron chi connectivity index (χ3n) is 5.03. The number of hydrogen-bond acceptors (Lipinski definition) is 2. The summed E-state index contributed by atoms with van der Waals surface area (Å²) in [6, 6.07) is 5.42. The van der Waals surface area contributed by atoms with Gasteiger partial charge in [-0.25, -0.2) is 4.39 Å². The Hall–Kier alpha value is -0.930. The molecule has 1 aliphatic carbocycles. The number of nitrogens with two attached hydrogens (primary N) is 1. The summed E-state index contributed by atoms with van der Waals surface area (Å²) in [7, 11) is 0. The van der Waals surface area contributed by atoms with Crippen LogP contribution in [0.4, 0.5) is 4.39 Å². The Morgan fingerprint density at radius 1 is 1.10 bits per heavy atom. The topological polar surface area (TPSA) is 29.3 Å². The molecule has 2 fully saturated rings. The van der Waals surface area contributed by atoms with Gasteiger partial charge in [-0.3, -0.25) is 4.90 Å². The maximum absolute atomic E-state index is 14.0. The van der Waals surface area contributed by atoms with Gasteiger partial charge in [0, 0.05) is 31.7 Å². The van der Waals surface area contributed by atoms with Gasteiger partial charge < -0.3 is 5.73 Å². The molecule has 20 heavy (non-hydrogen) atoms. The summed E-state index contributed by atoms with van der Waals surface area (Å²) < 4.78 is 14.0. The molecule has 3 rings (SSSR count). The second-order valence-corrected chi connectivity index (χ2v) is 6.69. The van der Waals surface area contributed by atoms with Gasteiger partial charge in [0.1, 0.15) is 5.82 Å². The molecule has 2 nitrogen and oxygen atoms in total. The number of nitrogens with zero attached hydrogens (tertiary/aromatic N) is 1. The molecule has 1 aromatic rings. The van der Waals surface area contributed by atoms with E-state index in [0.29, 0.717) is 12.0 Å². The molecule has 2 N–H and O–H groups in total. The van der Waals surface area contributed by atoms with Gasteiger partial charge in [-0.15, -0.1) is 0 Å². The molecular weight excluding hydrogens is 251 g/mol. The largest absolute Gasteiger partial charge is 0.326 e. The Morgan fingerprint density at radius 3 is 2.40 bits per heavy atom. The molecule has 1 spiro atoms. The van der Waals surface area contributed by atoms with Crippen molar-refractivity contribution in [3.8, 4) is 0 Å². The third kappa shape index (κ3) is 2.89. The minimum atomic E-state index is -0.102. The van der Waals surface area contributed by atoms with Crippen LogP contribution in [0.15, 0.2) is 18.2 Å². The second kappa shape index (κ2) is 5.82. The first-order valence-electron chi connectivity index (χ1n) is 7.91. The quantitative estimate of drug-likeness (QED) is 0.916. The molecule has 1 aromatic carbocycles. The Morgan fingerprint density at radius 2 is 1.80 bits per heavy atom. The average molecular weight is 276 g/mol. The van der Waals surface area contributed by atoms with Crippen molar-refractivity contribution in [2.24, 2.45) is 11.1 Å². The predicted octanol–water partition coefficient (Wildman–Crippen LogP) is 3.44. The van der Waals surface area contributed by atoms with Gasteiger partial charge in [0.05, 0.1) is 0 Å². The fourth-order valence-corrected chi connectivity index (χ4v) is 3.90. The van der Waals surface area contributed by atoms with Crippen molar-refractivity contribution in [2.75, 3.05) is 13.1 Å². The monoisotopic (exact) mass is 276 g/mol. The van der Waals surface area contributed by atoms with Gasteiger partial charge in [0.2, 0.25) is 0 Å². The zero-order chi connectivity index (χ0) is 14.0. The van der Waals surface area contributed by atoms with Gasteiger partial charge in [0.15, 0.2) is 0 Å². The molecule has 0 unspecified atom stereocenters. The van der Waals surface area contributed by atoms with Crippen LogP contribution in [-0.4, -0.2) is 18.0 Å². The number of hydrogen-bond donors (Lipinski definition) is 1. The zero-order valence-electron chi connectivity index (χ0n) is 12.2. The fraction of sp³-hybridized carbons (Fsp3) is 0.647. The van der Waals surface area contributed by atoms with Crippen molar-refractivity contribution in [3.05, 3.63) is 35.1 Å². The molecule has 0 atom stereocenters. The van der Waals surface area contributed by atoms with Gasteiger partial charge in [0.25, 0.3) is 0 Å². The lowest BCUT2D eigenvalue weighted by Crippen LogP contribution is -2.55. The second-order valence-electron chi connectivity index (χ2n) is 6.69. The van der Waals surface area contributed by atoms with Crippen molar-refractivity contribution < 1.29 is 4.39 Å². The molecule has 1 aliphatic heterocycles. The van der Waals surface area contributed by atoms with Gasteiger partial charge >= 0.3 is 0 Å². The van der Waals surface area contributed by atoms with E-state index in [1.165, 1.54) is 38.5 Å². The van der Waals surface area contributed by atoms with Crippen LogP contribution >= 0.6 is 0 Å². The summed E-state index contributed by atoms with van der Waals surface area (Å²) in [5, 5.41) is 0. The van der Waals surface area contributed by atoms with Crippen molar-refractivity contribution in [2.45, 2.75) is 51.6 Å². The summed E-state index contributed by atoms with van der Waals surface area (Å²) in [6.45, 7) is 3.47.